The molecule has 1 aliphatic heterocycles. The molecule has 0 aromatic carbocycles. The van der Waals surface area contributed by atoms with Crippen LogP contribution in [0.15, 0.2) is 0 Å². The summed E-state index contributed by atoms with van der Waals surface area (Å²) >= 11 is 10.4. The Balaban J connectivity index is 2.53. The van der Waals surface area contributed by atoms with Crippen molar-refractivity contribution in [3.63, 3.8) is 0 Å². The fourth-order valence-corrected chi connectivity index (χ4v) is 1.90. The SMILES string of the molecule is CCNC(=S)N1CCCCNC1=S. The Bertz CT molecular complexity index is 206. The van der Waals surface area contributed by atoms with E-state index >= 15 is 0 Å². The van der Waals surface area contributed by atoms with Crippen molar-refractivity contribution in [3.05, 3.63) is 0 Å². The molecule has 0 aromatic rings. The van der Waals surface area contributed by atoms with E-state index in [1.165, 1.54) is 0 Å². The Morgan fingerprint density at radius 2 is 2.38 bits per heavy atom. The quantitative estimate of drug-likeness (QED) is 0.635. The Morgan fingerprint density at radius 3 is 3.08 bits per heavy atom. The van der Waals surface area contributed by atoms with E-state index in [0.717, 1.165) is 42.7 Å². The lowest BCUT2D eigenvalue weighted by atomic mass is 10.3. The summed E-state index contributed by atoms with van der Waals surface area (Å²) in [4.78, 5) is 1.96. The highest BCUT2D eigenvalue weighted by atomic mass is 32.1. The number of hydrogen-bond donors (Lipinski definition) is 2. The Morgan fingerprint density at radius 1 is 1.62 bits per heavy atom. The minimum absolute atomic E-state index is 0.738. The maximum absolute atomic E-state index is 5.20. The molecule has 1 rings (SSSR count). The number of hydrogen-bond acceptors (Lipinski definition) is 2. The number of nitrogens with zero attached hydrogens (tertiary/aromatic N) is 1. The highest BCUT2D eigenvalue weighted by molar-refractivity contribution is 7.81. The molecule has 0 aliphatic carbocycles. The second-order valence-corrected chi connectivity index (χ2v) is 3.70. The standard InChI is InChI=1S/C8H15N3S2/c1-2-9-7(12)11-6-4-3-5-10-8(11)13/h2-6H2,1H3,(H,9,12)(H,10,13). The van der Waals surface area contributed by atoms with Gasteiger partial charge in [-0.2, -0.15) is 0 Å². The lowest BCUT2D eigenvalue weighted by molar-refractivity contribution is 0.579. The van der Waals surface area contributed by atoms with Crippen LogP contribution >= 0.6 is 24.4 Å². The maximum Gasteiger partial charge on any atom is 0.175 e. The van der Waals surface area contributed by atoms with Crippen LogP contribution in [0.1, 0.15) is 19.8 Å². The first-order valence-corrected chi connectivity index (χ1v) is 5.40. The van der Waals surface area contributed by atoms with Crippen molar-refractivity contribution in [3.8, 4) is 0 Å². The molecule has 0 aromatic heterocycles. The topological polar surface area (TPSA) is 27.3 Å². The second kappa shape index (κ2) is 5.34. The summed E-state index contributed by atoms with van der Waals surface area (Å²) in [7, 11) is 0. The molecule has 0 radical (unpaired) electrons. The Labute approximate surface area is 89.9 Å². The van der Waals surface area contributed by atoms with Crippen molar-refractivity contribution in [2.45, 2.75) is 19.8 Å². The minimum atomic E-state index is 0.738. The van der Waals surface area contributed by atoms with Gasteiger partial charge in [-0.15, -0.1) is 0 Å². The Hall–Kier alpha value is -0.420. The highest BCUT2D eigenvalue weighted by Gasteiger charge is 2.15. The largest absolute Gasteiger partial charge is 0.363 e. The zero-order chi connectivity index (χ0) is 9.68. The van der Waals surface area contributed by atoms with Crippen molar-refractivity contribution in [2.24, 2.45) is 0 Å². The van der Waals surface area contributed by atoms with Crippen molar-refractivity contribution < 1.29 is 0 Å². The predicted octanol–water partition coefficient (Wildman–Crippen LogP) is 0.851. The summed E-state index contributed by atoms with van der Waals surface area (Å²) in [5, 5.41) is 7.76. The summed E-state index contributed by atoms with van der Waals surface area (Å²) in [6.45, 7) is 4.76. The van der Waals surface area contributed by atoms with E-state index < -0.39 is 0 Å². The van der Waals surface area contributed by atoms with Gasteiger partial charge in [-0.25, -0.2) is 0 Å². The molecule has 5 heteroatoms. The van der Waals surface area contributed by atoms with Gasteiger partial charge in [-0.1, -0.05) is 0 Å². The average molecular weight is 217 g/mol. The first-order valence-electron chi connectivity index (χ1n) is 4.59. The summed E-state index contributed by atoms with van der Waals surface area (Å²) in [5.41, 5.74) is 0. The van der Waals surface area contributed by atoms with Gasteiger partial charge in [-0.05, 0) is 44.2 Å². The fraction of sp³-hybridized carbons (Fsp3) is 0.750. The van der Waals surface area contributed by atoms with E-state index in [2.05, 4.69) is 10.6 Å². The van der Waals surface area contributed by atoms with E-state index in [1.54, 1.807) is 0 Å². The van der Waals surface area contributed by atoms with Crippen molar-refractivity contribution in [2.75, 3.05) is 19.6 Å². The van der Waals surface area contributed by atoms with Crippen molar-refractivity contribution in [1.29, 1.82) is 0 Å². The fourth-order valence-electron chi connectivity index (χ4n) is 1.23. The van der Waals surface area contributed by atoms with Crippen LogP contribution < -0.4 is 10.6 Å². The van der Waals surface area contributed by atoms with Gasteiger partial charge in [0.15, 0.2) is 10.2 Å². The van der Waals surface area contributed by atoms with E-state index in [-0.39, 0.29) is 0 Å². The van der Waals surface area contributed by atoms with Crippen molar-refractivity contribution >= 4 is 34.7 Å². The normalized spacial score (nSPS) is 17.6. The first-order chi connectivity index (χ1) is 6.25. The van der Waals surface area contributed by atoms with Gasteiger partial charge in [0.05, 0.1) is 0 Å². The molecule has 1 fully saturated rings. The zero-order valence-electron chi connectivity index (χ0n) is 7.80. The molecule has 13 heavy (non-hydrogen) atoms. The molecule has 1 heterocycles. The Kier molecular flexibility index (Phi) is 4.38. The second-order valence-electron chi connectivity index (χ2n) is 2.93. The molecule has 1 saturated heterocycles. The molecule has 0 atom stereocenters. The third kappa shape index (κ3) is 3.08. The first kappa shape index (κ1) is 10.7. The van der Waals surface area contributed by atoms with E-state index in [9.17, 15) is 0 Å². The van der Waals surface area contributed by atoms with Crippen LogP contribution in [-0.4, -0.2) is 34.8 Å². The molecule has 0 amide bonds. The van der Waals surface area contributed by atoms with E-state index in [1.807, 2.05) is 11.8 Å². The van der Waals surface area contributed by atoms with Gasteiger partial charge in [-0.3, -0.25) is 4.90 Å². The molecule has 0 saturated carbocycles. The molecule has 74 valence electrons. The van der Waals surface area contributed by atoms with Crippen molar-refractivity contribution in [1.82, 2.24) is 15.5 Å². The van der Waals surface area contributed by atoms with Gasteiger partial charge >= 0.3 is 0 Å². The van der Waals surface area contributed by atoms with Crippen LogP contribution in [0.3, 0.4) is 0 Å². The molecule has 0 unspecified atom stereocenters. The average Bonchev–Trinajstić information content (AvgIpc) is 2.30. The van der Waals surface area contributed by atoms with Gasteiger partial charge in [0, 0.05) is 19.6 Å². The number of thiocarbonyl (C=S) groups is 2. The molecule has 0 spiro atoms. The van der Waals surface area contributed by atoms with Gasteiger partial charge in [0.1, 0.15) is 0 Å². The van der Waals surface area contributed by atoms with Crippen LogP contribution in [-0.2, 0) is 0 Å². The third-order valence-electron chi connectivity index (χ3n) is 1.90. The van der Waals surface area contributed by atoms with Gasteiger partial charge < -0.3 is 10.6 Å². The zero-order valence-corrected chi connectivity index (χ0v) is 9.43. The molecular weight excluding hydrogens is 202 g/mol. The molecular formula is C8H15N3S2. The third-order valence-corrected chi connectivity index (χ3v) is 2.63. The van der Waals surface area contributed by atoms with Crippen LogP contribution in [0.4, 0.5) is 0 Å². The van der Waals surface area contributed by atoms with Crippen LogP contribution in [0, 0.1) is 0 Å². The van der Waals surface area contributed by atoms with E-state index in [0.29, 0.717) is 0 Å². The van der Waals surface area contributed by atoms with Crippen LogP contribution in [0.5, 0.6) is 0 Å². The lowest BCUT2D eigenvalue weighted by Gasteiger charge is -2.23. The molecule has 0 bridgehead atoms. The highest BCUT2D eigenvalue weighted by Crippen LogP contribution is 2.01. The monoisotopic (exact) mass is 217 g/mol. The summed E-state index contributed by atoms with van der Waals surface area (Å²) < 4.78 is 0. The van der Waals surface area contributed by atoms with Crippen LogP contribution in [0.25, 0.3) is 0 Å². The smallest absolute Gasteiger partial charge is 0.175 e. The molecule has 1 aliphatic rings. The summed E-state index contributed by atoms with van der Waals surface area (Å²) in [6.07, 6.45) is 2.30. The number of rotatable bonds is 1. The van der Waals surface area contributed by atoms with E-state index in [4.69, 9.17) is 24.4 Å². The molecule has 3 nitrogen and oxygen atoms in total. The summed E-state index contributed by atoms with van der Waals surface area (Å²) in [5.74, 6) is 0. The van der Waals surface area contributed by atoms with Gasteiger partial charge in [0.2, 0.25) is 0 Å². The lowest BCUT2D eigenvalue weighted by Crippen LogP contribution is -2.47. The van der Waals surface area contributed by atoms with Crippen LogP contribution in [0.2, 0.25) is 0 Å². The maximum atomic E-state index is 5.20. The predicted molar refractivity (Wildman–Crippen MR) is 62.8 cm³/mol. The minimum Gasteiger partial charge on any atom is -0.363 e. The number of nitrogens with one attached hydrogen (secondary N) is 2. The summed E-state index contributed by atoms with van der Waals surface area (Å²) in [6, 6.07) is 0. The van der Waals surface area contributed by atoms with Gasteiger partial charge in [0.25, 0.3) is 0 Å². The molecule has 2 N–H and O–H groups in total.